The summed E-state index contributed by atoms with van der Waals surface area (Å²) in [4.78, 5) is 13.3. The predicted molar refractivity (Wildman–Crippen MR) is 72.4 cm³/mol. The summed E-state index contributed by atoms with van der Waals surface area (Å²) in [6.07, 6.45) is -0.518. The lowest BCUT2D eigenvalue weighted by Gasteiger charge is -2.22. The van der Waals surface area contributed by atoms with E-state index in [1.54, 1.807) is 14.0 Å². The van der Waals surface area contributed by atoms with Crippen LogP contribution in [-0.4, -0.2) is 35.7 Å². The summed E-state index contributed by atoms with van der Waals surface area (Å²) in [5, 5.41) is 12.1. The zero-order valence-corrected chi connectivity index (χ0v) is 11.5. The summed E-state index contributed by atoms with van der Waals surface area (Å²) in [5.74, 6) is 0. The van der Waals surface area contributed by atoms with Crippen LogP contribution in [0.2, 0.25) is 0 Å². The molecule has 0 saturated heterocycles. The SMILES string of the molecule is Cc1ccc(C(C)NC(=O)N(C)CC(C)O)cc1. The molecule has 0 saturated carbocycles. The largest absolute Gasteiger partial charge is 0.392 e. The van der Waals surface area contributed by atoms with Gasteiger partial charge in [-0.1, -0.05) is 29.8 Å². The molecule has 2 unspecified atom stereocenters. The van der Waals surface area contributed by atoms with Crippen LogP contribution in [0.1, 0.15) is 31.0 Å². The molecule has 100 valence electrons. The minimum atomic E-state index is -0.518. The second-order valence-corrected chi connectivity index (χ2v) is 4.81. The van der Waals surface area contributed by atoms with Crippen LogP contribution in [0.5, 0.6) is 0 Å². The summed E-state index contributed by atoms with van der Waals surface area (Å²) in [6, 6.07) is 7.84. The normalized spacial score (nSPS) is 13.8. The number of amides is 2. The molecule has 0 aliphatic carbocycles. The Morgan fingerprint density at radius 3 is 2.39 bits per heavy atom. The van der Waals surface area contributed by atoms with E-state index in [4.69, 9.17) is 0 Å². The predicted octanol–water partition coefficient (Wildman–Crippen LogP) is 2.08. The van der Waals surface area contributed by atoms with Gasteiger partial charge in [-0.3, -0.25) is 0 Å². The van der Waals surface area contributed by atoms with Crippen LogP contribution in [0, 0.1) is 6.92 Å². The summed E-state index contributed by atoms with van der Waals surface area (Å²) in [5.41, 5.74) is 2.27. The fourth-order valence-electron chi connectivity index (χ4n) is 1.71. The first kappa shape index (κ1) is 14.5. The number of rotatable bonds is 4. The molecule has 1 rings (SSSR count). The van der Waals surface area contributed by atoms with Crippen molar-refractivity contribution in [1.82, 2.24) is 10.2 Å². The van der Waals surface area contributed by atoms with E-state index in [1.807, 2.05) is 38.1 Å². The van der Waals surface area contributed by atoms with Crippen molar-refractivity contribution in [3.63, 3.8) is 0 Å². The van der Waals surface area contributed by atoms with Gasteiger partial charge in [0.25, 0.3) is 0 Å². The van der Waals surface area contributed by atoms with Crippen LogP contribution in [0.15, 0.2) is 24.3 Å². The number of benzene rings is 1. The Bertz CT molecular complexity index is 387. The van der Waals surface area contributed by atoms with Gasteiger partial charge in [0.15, 0.2) is 0 Å². The molecule has 18 heavy (non-hydrogen) atoms. The van der Waals surface area contributed by atoms with Crippen LogP contribution in [0.4, 0.5) is 4.79 Å². The van der Waals surface area contributed by atoms with Gasteiger partial charge in [-0.15, -0.1) is 0 Å². The third-order valence-corrected chi connectivity index (χ3v) is 2.80. The Balaban J connectivity index is 2.56. The van der Waals surface area contributed by atoms with Gasteiger partial charge in [-0.25, -0.2) is 4.79 Å². The van der Waals surface area contributed by atoms with Crippen molar-refractivity contribution in [2.75, 3.05) is 13.6 Å². The highest BCUT2D eigenvalue weighted by molar-refractivity contribution is 5.74. The van der Waals surface area contributed by atoms with E-state index in [0.29, 0.717) is 6.54 Å². The van der Waals surface area contributed by atoms with Gasteiger partial charge in [0, 0.05) is 13.6 Å². The number of urea groups is 1. The van der Waals surface area contributed by atoms with Gasteiger partial charge in [-0.2, -0.15) is 0 Å². The van der Waals surface area contributed by atoms with E-state index in [2.05, 4.69) is 5.32 Å². The first-order valence-corrected chi connectivity index (χ1v) is 6.16. The quantitative estimate of drug-likeness (QED) is 0.859. The molecule has 0 bridgehead atoms. The highest BCUT2D eigenvalue weighted by atomic mass is 16.3. The van der Waals surface area contributed by atoms with Crippen molar-refractivity contribution in [3.8, 4) is 0 Å². The molecule has 0 radical (unpaired) electrons. The van der Waals surface area contributed by atoms with Gasteiger partial charge < -0.3 is 15.3 Å². The van der Waals surface area contributed by atoms with Crippen LogP contribution >= 0.6 is 0 Å². The molecule has 0 spiro atoms. The lowest BCUT2D eigenvalue weighted by molar-refractivity contribution is 0.142. The maximum Gasteiger partial charge on any atom is 0.317 e. The van der Waals surface area contributed by atoms with Crippen LogP contribution < -0.4 is 5.32 Å². The zero-order valence-electron chi connectivity index (χ0n) is 11.5. The third-order valence-electron chi connectivity index (χ3n) is 2.80. The van der Waals surface area contributed by atoms with Crippen LogP contribution in [-0.2, 0) is 0 Å². The second kappa shape index (κ2) is 6.40. The number of aryl methyl sites for hydroxylation is 1. The summed E-state index contributed by atoms with van der Waals surface area (Å²) < 4.78 is 0. The van der Waals surface area contributed by atoms with Crippen molar-refractivity contribution in [1.29, 1.82) is 0 Å². The molecule has 1 aromatic rings. The second-order valence-electron chi connectivity index (χ2n) is 4.81. The van der Waals surface area contributed by atoms with E-state index in [1.165, 1.54) is 10.5 Å². The number of likely N-dealkylation sites (N-methyl/N-ethyl adjacent to an activating group) is 1. The highest BCUT2D eigenvalue weighted by Gasteiger charge is 2.14. The van der Waals surface area contributed by atoms with Gasteiger partial charge in [0.1, 0.15) is 0 Å². The number of nitrogens with zero attached hydrogens (tertiary/aromatic N) is 1. The van der Waals surface area contributed by atoms with E-state index in [0.717, 1.165) is 5.56 Å². The number of carbonyl (C=O) groups is 1. The lowest BCUT2D eigenvalue weighted by atomic mass is 10.1. The van der Waals surface area contributed by atoms with Gasteiger partial charge in [0.2, 0.25) is 0 Å². The molecule has 2 atom stereocenters. The average molecular weight is 250 g/mol. The van der Waals surface area contributed by atoms with Gasteiger partial charge >= 0.3 is 6.03 Å². The lowest BCUT2D eigenvalue weighted by Crippen LogP contribution is -2.41. The number of aliphatic hydroxyl groups excluding tert-OH is 1. The maximum absolute atomic E-state index is 11.8. The molecule has 0 aromatic heterocycles. The smallest absolute Gasteiger partial charge is 0.317 e. The Labute approximate surface area is 109 Å². The minimum Gasteiger partial charge on any atom is -0.392 e. The number of aliphatic hydroxyl groups is 1. The van der Waals surface area contributed by atoms with Gasteiger partial charge in [-0.05, 0) is 26.3 Å². The fraction of sp³-hybridized carbons (Fsp3) is 0.500. The highest BCUT2D eigenvalue weighted by Crippen LogP contribution is 2.13. The summed E-state index contributed by atoms with van der Waals surface area (Å²) >= 11 is 0. The molecule has 4 heteroatoms. The van der Waals surface area contributed by atoms with E-state index >= 15 is 0 Å². The molecular weight excluding hydrogens is 228 g/mol. The topological polar surface area (TPSA) is 52.6 Å². The Morgan fingerprint density at radius 2 is 1.89 bits per heavy atom. The molecule has 0 heterocycles. The number of carbonyl (C=O) groups excluding carboxylic acids is 1. The van der Waals surface area contributed by atoms with E-state index < -0.39 is 6.10 Å². The zero-order chi connectivity index (χ0) is 13.7. The first-order chi connectivity index (χ1) is 8.40. The number of nitrogens with one attached hydrogen (secondary N) is 1. The van der Waals surface area contributed by atoms with E-state index in [-0.39, 0.29) is 12.1 Å². The molecule has 0 fully saturated rings. The molecule has 0 aliphatic heterocycles. The first-order valence-electron chi connectivity index (χ1n) is 6.16. The van der Waals surface area contributed by atoms with Crippen molar-refractivity contribution >= 4 is 6.03 Å². The monoisotopic (exact) mass is 250 g/mol. The van der Waals surface area contributed by atoms with E-state index in [9.17, 15) is 9.90 Å². The maximum atomic E-state index is 11.8. The number of hydrogen-bond acceptors (Lipinski definition) is 2. The minimum absolute atomic E-state index is 0.0467. The molecule has 0 aliphatic rings. The fourth-order valence-corrected chi connectivity index (χ4v) is 1.71. The van der Waals surface area contributed by atoms with Crippen molar-refractivity contribution in [2.45, 2.75) is 32.9 Å². The molecule has 4 nitrogen and oxygen atoms in total. The summed E-state index contributed by atoms with van der Waals surface area (Å²) in [7, 11) is 1.67. The van der Waals surface area contributed by atoms with Crippen molar-refractivity contribution < 1.29 is 9.90 Å². The van der Waals surface area contributed by atoms with Gasteiger partial charge in [0.05, 0.1) is 12.1 Å². The summed E-state index contributed by atoms with van der Waals surface area (Å²) in [6.45, 7) is 5.96. The Kier molecular flexibility index (Phi) is 5.16. The molecule has 2 amide bonds. The van der Waals surface area contributed by atoms with Crippen LogP contribution in [0.25, 0.3) is 0 Å². The molecular formula is C14H22N2O2. The standard InChI is InChI=1S/C14H22N2O2/c1-10-5-7-13(8-6-10)12(3)15-14(18)16(4)9-11(2)17/h5-8,11-12,17H,9H2,1-4H3,(H,15,18). The van der Waals surface area contributed by atoms with Crippen molar-refractivity contribution in [3.05, 3.63) is 35.4 Å². The Hall–Kier alpha value is -1.55. The number of hydrogen-bond donors (Lipinski definition) is 2. The van der Waals surface area contributed by atoms with Crippen molar-refractivity contribution in [2.24, 2.45) is 0 Å². The third kappa shape index (κ3) is 4.37. The average Bonchev–Trinajstić information content (AvgIpc) is 2.28. The van der Waals surface area contributed by atoms with Crippen LogP contribution in [0.3, 0.4) is 0 Å². The Morgan fingerprint density at radius 1 is 1.33 bits per heavy atom. The molecule has 1 aromatic carbocycles. The molecule has 2 N–H and O–H groups in total.